The van der Waals surface area contributed by atoms with E-state index in [-0.39, 0.29) is 24.0 Å². The van der Waals surface area contributed by atoms with Gasteiger partial charge in [-0.2, -0.15) is 0 Å². The largest absolute Gasteiger partial charge is 0.379 e. The van der Waals surface area contributed by atoms with Crippen molar-refractivity contribution in [1.82, 2.24) is 10.2 Å². The van der Waals surface area contributed by atoms with Crippen molar-refractivity contribution in [1.29, 1.82) is 0 Å². The molecule has 0 saturated heterocycles. The van der Waals surface area contributed by atoms with Crippen molar-refractivity contribution >= 4 is 29.9 Å². The van der Waals surface area contributed by atoms with Crippen molar-refractivity contribution in [3.8, 4) is 0 Å². The molecule has 5 nitrogen and oxygen atoms in total. The minimum absolute atomic E-state index is 0. The lowest BCUT2D eigenvalue weighted by atomic mass is 9.98. The van der Waals surface area contributed by atoms with E-state index in [0.29, 0.717) is 6.10 Å². The molecule has 0 aromatic carbocycles. The average Bonchev–Trinajstić information content (AvgIpc) is 3.25. The Labute approximate surface area is 171 Å². The number of rotatable bonds is 11. The molecule has 6 heteroatoms. The van der Waals surface area contributed by atoms with E-state index < -0.39 is 0 Å². The smallest absolute Gasteiger partial charge is 0.193 e. The van der Waals surface area contributed by atoms with Crippen LogP contribution < -0.4 is 5.32 Å². The molecule has 148 valence electrons. The Morgan fingerprint density at radius 3 is 2.56 bits per heavy atom. The van der Waals surface area contributed by atoms with E-state index in [1.165, 1.54) is 38.5 Å². The van der Waals surface area contributed by atoms with Crippen molar-refractivity contribution < 1.29 is 9.47 Å². The summed E-state index contributed by atoms with van der Waals surface area (Å²) < 4.78 is 11.7. The molecule has 2 aliphatic carbocycles. The number of nitrogens with one attached hydrogen (secondary N) is 1. The molecule has 0 aromatic heterocycles. The van der Waals surface area contributed by atoms with Gasteiger partial charge in [0.1, 0.15) is 0 Å². The first-order valence-corrected chi connectivity index (χ1v) is 9.85. The van der Waals surface area contributed by atoms with Gasteiger partial charge >= 0.3 is 0 Å². The van der Waals surface area contributed by atoms with Gasteiger partial charge in [0.2, 0.25) is 0 Å². The van der Waals surface area contributed by atoms with Gasteiger partial charge in [-0.3, -0.25) is 4.99 Å². The summed E-state index contributed by atoms with van der Waals surface area (Å²) in [4.78, 5) is 6.54. The molecule has 2 rings (SSSR count). The number of ether oxygens (including phenoxy) is 2. The summed E-state index contributed by atoms with van der Waals surface area (Å²) in [5.41, 5.74) is 0. The predicted molar refractivity (Wildman–Crippen MR) is 115 cm³/mol. The van der Waals surface area contributed by atoms with E-state index in [2.05, 4.69) is 29.2 Å². The number of likely N-dealkylation sites (N-methyl/N-ethyl adjacent to an activating group) is 1. The lowest BCUT2D eigenvalue weighted by Crippen LogP contribution is -2.42. The fourth-order valence-corrected chi connectivity index (χ4v) is 3.55. The summed E-state index contributed by atoms with van der Waals surface area (Å²) >= 11 is 0. The van der Waals surface area contributed by atoms with E-state index in [4.69, 9.17) is 9.47 Å². The highest BCUT2D eigenvalue weighted by Crippen LogP contribution is 2.30. The highest BCUT2D eigenvalue weighted by atomic mass is 127. The van der Waals surface area contributed by atoms with E-state index in [0.717, 1.165) is 57.1 Å². The van der Waals surface area contributed by atoms with Gasteiger partial charge < -0.3 is 19.7 Å². The zero-order chi connectivity index (χ0) is 17.2. The van der Waals surface area contributed by atoms with Crippen molar-refractivity contribution in [2.75, 3.05) is 47.0 Å². The first kappa shape index (κ1) is 23.0. The van der Waals surface area contributed by atoms with Crippen LogP contribution in [0, 0.1) is 11.8 Å². The maximum absolute atomic E-state index is 6.00. The van der Waals surface area contributed by atoms with Crippen LogP contribution in [-0.2, 0) is 9.47 Å². The summed E-state index contributed by atoms with van der Waals surface area (Å²) in [6.07, 6.45) is 9.55. The number of nitrogens with zero attached hydrogens (tertiary/aromatic N) is 2. The van der Waals surface area contributed by atoms with Crippen LogP contribution in [0.5, 0.6) is 0 Å². The molecule has 25 heavy (non-hydrogen) atoms. The monoisotopic (exact) mass is 467 g/mol. The molecule has 0 spiro atoms. The molecule has 0 amide bonds. The second-order valence-corrected chi connectivity index (χ2v) is 7.24. The fraction of sp³-hybridized carbons (Fsp3) is 0.947. The lowest BCUT2D eigenvalue weighted by molar-refractivity contribution is 0.0168. The molecule has 0 aliphatic heterocycles. The lowest BCUT2D eigenvalue weighted by Gasteiger charge is -2.26. The highest BCUT2D eigenvalue weighted by molar-refractivity contribution is 14.0. The minimum atomic E-state index is 0. The molecule has 0 radical (unpaired) electrons. The Bertz CT molecular complexity index is 372. The van der Waals surface area contributed by atoms with Gasteiger partial charge in [-0.15, -0.1) is 24.0 Å². The first-order valence-electron chi connectivity index (χ1n) is 9.85. The van der Waals surface area contributed by atoms with Gasteiger partial charge in [-0.25, -0.2) is 0 Å². The number of hydrogen-bond donors (Lipinski definition) is 1. The quantitative estimate of drug-likeness (QED) is 0.219. The fourth-order valence-electron chi connectivity index (χ4n) is 3.55. The van der Waals surface area contributed by atoms with Crippen LogP contribution >= 0.6 is 24.0 Å². The molecule has 0 aromatic rings. The maximum atomic E-state index is 6.00. The van der Waals surface area contributed by atoms with E-state index in [1.807, 2.05) is 7.05 Å². The predicted octanol–water partition coefficient (Wildman–Crippen LogP) is 3.52. The van der Waals surface area contributed by atoms with Crippen LogP contribution in [0.4, 0.5) is 0 Å². The SMILES string of the molecule is CCOC(CCNC(=NC)N(C)CCOCC1CC1)C1CCCC1.I. The second kappa shape index (κ2) is 13.1. The zero-order valence-corrected chi connectivity index (χ0v) is 18.7. The topological polar surface area (TPSA) is 46.1 Å². The van der Waals surface area contributed by atoms with Crippen molar-refractivity contribution in [2.24, 2.45) is 16.8 Å². The molecule has 2 saturated carbocycles. The van der Waals surface area contributed by atoms with Crippen molar-refractivity contribution in [3.63, 3.8) is 0 Å². The summed E-state index contributed by atoms with van der Waals surface area (Å²) in [6, 6.07) is 0. The van der Waals surface area contributed by atoms with E-state index >= 15 is 0 Å². The van der Waals surface area contributed by atoms with Gasteiger partial charge in [-0.05, 0) is 50.9 Å². The van der Waals surface area contributed by atoms with E-state index in [1.54, 1.807) is 0 Å². The van der Waals surface area contributed by atoms with Crippen LogP contribution in [0.15, 0.2) is 4.99 Å². The Morgan fingerprint density at radius 1 is 1.24 bits per heavy atom. The highest BCUT2D eigenvalue weighted by Gasteiger charge is 2.25. The van der Waals surface area contributed by atoms with Gasteiger partial charge in [-0.1, -0.05) is 12.8 Å². The zero-order valence-electron chi connectivity index (χ0n) is 16.3. The first-order chi connectivity index (χ1) is 11.7. The third kappa shape index (κ3) is 8.91. The Morgan fingerprint density at radius 2 is 1.96 bits per heavy atom. The molecule has 1 atom stereocenters. The Balaban J connectivity index is 0.00000312. The van der Waals surface area contributed by atoms with E-state index in [9.17, 15) is 0 Å². The minimum Gasteiger partial charge on any atom is -0.379 e. The van der Waals surface area contributed by atoms with Crippen LogP contribution in [-0.4, -0.2) is 64.0 Å². The number of aliphatic imine (C=N–C) groups is 1. The number of hydrogen-bond acceptors (Lipinski definition) is 3. The summed E-state index contributed by atoms with van der Waals surface area (Å²) in [5, 5.41) is 3.48. The van der Waals surface area contributed by atoms with Crippen molar-refractivity contribution in [3.05, 3.63) is 0 Å². The molecule has 0 bridgehead atoms. The maximum Gasteiger partial charge on any atom is 0.193 e. The van der Waals surface area contributed by atoms with Gasteiger partial charge in [0.05, 0.1) is 12.7 Å². The van der Waals surface area contributed by atoms with Crippen LogP contribution in [0.1, 0.15) is 51.9 Å². The average molecular weight is 467 g/mol. The number of guanidine groups is 1. The molecular weight excluding hydrogens is 429 g/mol. The standard InChI is InChI=1S/C19H37N3O2.HI/c1-4-24-18(17-7-5-6-8-17)11-12-21-19(20-2)22(3)13-14-23-15-16-9-10-16;/h16-18H,4-15H2,1-3H3,(H,20,21);1H. The number of halogens is 1. The van der Waals surface area contributed by atoms with Gasteiger partial charge in [0.25, 0.3) is 0 Å². The molecule has 1 unspecified atom stereocenters. The normalized spacial score (nSPS) is 19.6. The third-order valence-electron chi connectivity index (χ3n) is 5.21. The van der Waals surface area contributed by atoms with Gasteiger partial charge in [0.15, 0.2) is 5.96 Å². The Hall–Kier alpha value is -0.0800. The third-order valence-corrected chi connectivity index (χ3v) is 5.21. The summed E-state index contributed by atoms with van der Waals surface area (Å²) in [7, 11) is 3.92. The summed E-state index contributed by atoms with van der Waals surface area (Å²) in [5.74, 6) is 2.54. The second-order valence-electron chi connectivity index (χ2n) is 7.24. The molecule has 2 fully saturated rings. The summed E-state index contributed by atoms with van der Waals surface area (Å²) in [6.45, 7) is 6.41. The molecule has 1 N–H and O–H groups in total. The molecule has 2 aliphatic rings. The van der Waals surface area contributed by atoms with Gasteiger partial charge in [0, 0.05) is 40.4 Å². The Kier molecular flexibility index (Phi) is 12.1. The molecule has 0 heterocycles. The van der Waals surface area contributed by atoms with Crippen LogP contribution in [0.3, 0.4) is 0 Å². The molecular formula is C19H38IN3O2. The van der Waals surface area contributed by atoms with Crippen LogP contribution in [0.25, 0.3) is 0 Å². The van der Waals surface area contributed by atoms with Crippen molar-refractivity contribution in [2.45, 2.75) is 58.0 Å². The van der Waals surface area contributed by atoms with Crippen LogP contribution in [0.2, 0.25) is 0 Å².